The number of thioether (sulfide) groups is 1. The normalized spacial score (nSPS) is 12.5. The van der Waals surface area contributed by atoms with Gasteiger partial charge in [0, 0.05) is 16.5 Å². The lowest BCUT2D eigenvalue weighted by Gasteiger charge is -2.23. The first-order valence-corrected chi connectivity index (χ1v) is 13.1. The lowest BCUT2D eigenvalue weighted by atomic mass is 10.1. The molecule has 32 heavy (non-hydrogen) atoms. The number of halogens is 1. The second-order valence-corrected chi connectivity index (χ2v) is 10.5. The van der Waals surface area contributed by atoms with Crippen LogP contribution < -0.4 is 5.32 Å². The van der Waals surface area contributed by atoms with E-state index in [1.165, 1.54) is 28.6 Å². The van der Waals surface area contributed by atoms with Crippen LogP contribution in [0.25, 0.3) is 0 Å². The van der Waals surface area contributed by atoms with Crippen molar-refractivity contribution in [2.45, 2.75) is 29.3 Å². The molecule has 1 atom stereocenters. The van der Waals surface area contributed by atoms with Gasteiger partial charge in [-0.05, 0) is 60.7 Å². The number of amides is 1. The Labute approximate surface area is 198 Å². The average molecular weight is 489 g/mol. The van der Waals surface area contributed by atoms with Crippen molar-refractivity contribution in [1.29, 1.82) is 0 Å². The third-order valence-electron chi connectivity index (χ3n) is 4.97. The van der Waals surface area contributed by atoms with Gasteiger partial charge in [-0.3, -0.25) is 4.79 Å². The number of carbonyl (C=O) groups is 1. The van der Waals surface area contributed by atoms with E-state index in [0.29, 0.717) is 5.02 Å². The zero-order chi connectivity index (χ0) is 23.1. The van der Waals surface area contributed by atoms with Crippen LogP contribution in [-0.4, -0.2) is 31.4 Å². The number of hydrogen-bond acceptors (Lipinski definition) is 4. The van der Waals surface area contributed by atoms with Gasteiger partial charge in [-0.2, -0.15) is 4.31 Å². The summed E-state index contributed by atoms with van der Waals surface area (Å²) in [4.78, 5) is 14.1. The Balaban J connectivity index is 1.79. The third kappa shape index (κ3) is 6.36. The molecule has 0 radical (unpaired) electrons. The van der Waals surface area contributed by atoms with Crippen molar-refractivity contribution in [2.75, 3.05) is 12.8 Å². The zero-order valence-corrected chi connectivity index (χ0v) is 20.3. The van der Waals surface area contributed by atoms with Crippen molar-refractivity contribution in [3.63, 3.8) is 0 Å². The molecule has 1 N–H and O–H groups in total. The molecule has 0 bridgehead atoms. The molecular formula is C24H25ClN2O3S2. The first kappa shape index (κ1) is 24.3. The fraction of sp³-hybridized carbons (Fsp3) is 0.208. The fourth-order valence-corrected chi connectivity index (χ4v) is 5.11. The van der Waals surface area contributed by atoms with E-state index in [4.69, 9.17) is 11.6 Å². The summed E-state index contributed by atoms with van der Waals surface area (Å²) in [5.74, 6) is -0.375. The van der Waals surface area contributed by atoms with Crippen LogP contribution in [0, 0.1) is 0 Å². The van der Waals surface area contributed by atoms with E-state index in [1.807, 2.05) is 67.8 Å². The van der Waals surface area contributed by atoms with Crippen molar-refractivity contribution in [1.82, 2.24) is 9.62 Å². The minimum absolute atomic E-state index is 0.0794. The summed E-state index contributed by atoms with van der Waals surface area (Å²) in [7, 11) is -3.91. The first-order valence-electron chi connectivity index (χ1n) is 10.0. The molecule has 3 aromatic carbocycles. The van der Waals surface area contributed by atoms with Crippen LogP contribution in [0.15, 0.2) is 88.7 Å². The van der Waals surface area contributed by atoms with Crippen molar-refractivity contribution in [3.8, 4) is 0 Å². The molecule has 3 rings (SSSR count). The second kappa shape index (κ2) is 11.0. The molecule has 3 aromatic rings. The summed E-state index contributed by atoms with van der Waals surface area (Å²) in [6.07, 6.45) is 2.00. The lowest BCUT2D eigenvalue weighted by Crippen LogP contribution is -2.41. The molecule has 0 saturated carbocycles. The van der Waals surface area contributed by atoms with Gasteiger partial charge in [0.15, 0.2) is 0 Å². The Kier molecular flexibility index (Phi) is 8.37. The first-order chi connectivity index (χ1) is 15.3. The Bertz CT molecular complexity index is 1140. The number of nitrogens with zero attached hydrogens (tertiary/aromatic N) is 1. The molecule has 0 fully saturated rings. The highest BCUT2D eigenvalue weighted by Gasteiger charge is 2.27. The molecular weight excluding hydrogens is 464 g/mol. The highest BCUT2D eigenvalue weighted by Crippen LogP contribution is 2.22. The largest absolute Gasteiger partial charge is 0.348 e. The van der Waals surface area contributed by atoms with Crippen molar-refractivity contribution >= 4 is 39.3 Å². The number of rotatable bonds is 9. The average Bonchev–Trinajstić information content (AvgIpc) is 2.79. The van der Waals surface area contributed by atoms with Crippen LogP contribution in [0.1, 0.15) is 24.1 Å². The summed E-state index contributed by atoms with van der Waals surface area (Å²) >= 11 is 7.56. The van der Waals surface area contributed by atoms with Gasteiger partial charge in [0.05, 0.1) is 17.5 Å². The van der Waals surface area contributed by atoms with Gasteiger partial charge < -0.3 is 5.32 Å². The molecule has 0 aliphatic carbocycles. The Morgan fingerprint density at radius 1 is 1.00 bits per heavy atom. The van der Waals surface area contributed by atoms with Gasteiger partial charge in [0.2, 0.25) is 15.9 Å². The summed E-state index contributed by atoms with van der Waals surface area (Å²) in [5.41, 5.74) is 1.74. The van der Waals surface area contributed by atoms with E-state index >= 15 is 0 Å². The molecule has 0 saturated heterocycles. The second-order valence-electron chi connectivity index (χ2n) is 7.27. The van der Waals surface area contributed by atoms with E-state index < -0.39 is 10.0 Å². The number of benzene rings is 3. The van der Waals surface area contributed by atoms with Crippen LogP contribution in [0.2, 0.25) is 5.02 Å². The number of carbonyl (C=O) groups excluding carboxylic acids is 1. The number of sulfonamides is 1. The molecule has 8 heteroatoms. The summed E-state index contributed by atoms with van der Waals surface area (Å²) in [5, 5.41) is 3.35. The molecule has 0 aliphatic heterocycles. The van der Waals surface area contributed by atoms with Crippen LogP contribution in [-0.2, 0) is 21.4 Å². The quantitative estimate of drug-likeness (QED) is 0.424. The lowest BCUT2D eigenvalue weighted by molar-refractivity contribution is -0.122. The monoisotopic (exact) mass is 488 g/mol. The Morgan fingerprint density at radius 2 is 1.62 bits per heavy atom. The number of hydrogen-bond donors (Lipinski definition) is 1. The van der Waals surface area contributed by atoms with E-state index in [1.54, 1.807) is 11.8 Å². The van der Waals surface area contributed by atoms with Gasteiger partial charge in [-0.1, -0.05) is 54.1 Å². The molecule has 168 valence electrons. The predicted octanol–water partition coefficient (Wildman–Crippen LogP) is 5.13. The summed E-state index contributed by atoms with van der Waals surface area (Å²) in [6, 6.07) is 22.8. The fourth-order valence-electron chi connectivity index (χ4n) is 3.19. The van der Waals surface area contributed by atoms with E-state index in [-0.39, 0.29) is 29.9 Å². The van der Waals surface area contributed by atoms with Crippen molar-refractivity contribution < 1.29 is 13.2 Å². The molecule has 0 heterocycles. The number of nitrogens with one attached hydrogen (secondary N) is 1. The minimum Gasteiger partial charge on any atom is -0.348 e. The standard InChI is InChI=1S/C24H25ClN2O3S2/c1-18(20-8-12-22(31-2)13-9-20)26-24(28)17-27(16-19-6-4-3-5-7-19)32(29,30)23-14-10-21(25)11-15-23/h3-15,18H,16-17H2,1-2H3,(H,26,28). The predicted molar refractivity (Wildman–Crippen MR) is 130 cm³/mol. The van der Waals surface area contributed by atoms with Gasteiger partial charge in [0.25, 0.3) is 0 Å². The zero-order valence-electron chi connectivity index (χ0n) is 17.9. The Morgan fingerprint density at radius 3 is 2.22 bits per heavy atom. The van der Waals surface area contributed by atoms with Gasteiger partial charge >= 0.3 is 0 Å². The van der Waals surface area contributed by atoms with Crippen molar-refractivity contribution in [3.05, 3.63) is 95.0 Å². The summed E-state index contributed by atoms with van der Waals surface area (Å²) < 4.78 is 27.8. The summed E-state index contributed by atoms with van der Waals surface area (Å²) in [6.45, 7) is 1.66. The molecule has 0 aliphatic rings. The van der Waals surface area contributed by atoms with E-state index in [9.17, 15) is 13.2 Å². The van der Waals surface area contributed by atoms with Crippen LogP contribution in [0.5, 0.6) is 0 Å². The van der Waals surface area contributed by atoms with Gasteiger partial charge in [-0.15, -0.1) is 11.8 Å². The third-order valence-corrected chi connectivity index (χ3v) is 7.77. The van der Waals surface area contributed by atoms with Gasteiger partial charge in [-0.25, -0.2) is 8.42 Å². The van der Waals surface area contributed by atoms with E-state index in [2.05, 4.69) is 5.32 Å². The SMILES string of the molecule is CSc1ccc(C(C)NC(=O)CN(Cc2ccccc2)S(=O)(=O)c2ccc(Cl)cc2)cc1. The molecule has 1 amide bonds. The highest BCUT2D eigenvalue weighted by molar-refractivity contribution is 7.98. The van der Waals surface area contributed by atoms with Crippen LogP contribution in [0.3, 0.4) is 0 Å². The Hall–Kier alpha value is -2.32. The minimum atomic E-state index is -3.91. The van der Waals surface area contributed by atoms with Crippen LogP contribution in [0.4, 0.5) is 0 Å². The maximum Gasteiger partial charge on any atom is 0.243 e. The molecule has 5 nitrogen and oxygen atoms in total. The molecule has 0 spiro atoms. The van der Waals surface area contributed by atoms with Gasteiger partial charge in [0.1, 0.15) is 0 Å². The van der Waals surface area contributed by atoms with E-state index in [0.717, 1.165) is 16.0 Å². The van der Waals surface area contributed by atoms with Crippen LogP contribution >= 0.6 is 23.4 Å². The maximum atomic E-state index is 13.3. The molecule has 0 aromatic heterocycles. The maximum absolute atomic E-state index is 13.3. The topological polar surface area (TPSA) is 66.5 Å². The smallest absolute Gasteiger partial charge is 0.243 e. The molecule has 1 unspecified atom stereocenters. The van der Waals surface area contributed by atoms with Crippen molar-refractivity contribution in [2.24, 2.45) is 0 Å². The highest BCUT2D eigenvalue weighted by atomic mass is 35.5.